The largest absolute Gasteiger partial charge is 0.507 e. The number of nitrogen functional groups attached to an aromatic ring is 1. The van der Waals surface area contributed by atoms with E-state index >= 15 is 0 Å². The van der Waals surface area contributed by atoms with Gasteiger partial charge in [0, 0.05) is 19.3 Å². The smallest absolute Gasteiger partial charge is 0.257 e. The number of aromatic hydroxyl groups is 1. The van der Waals surface area contributed by atoms with Crippen LogP contribution in [0.5, 0.6) is 11.5 Å². The Balaban J connectivity index is 2.17. The van der Waals surface area contributed by atoms with Crippen LogP contribution in [0.2, 0.25) is 0 Å². The Morgan fingerprint density at radius 2 is 1.90 bits per heavy atom. The van der Waals surface area contributed by atoms with Crippen LogP contribution in [0.25, 0.3) is 0 Å². The van der Waals surface area contributed by atoms with Gasteiger partial charge in [0.15, 0.2) is 0 Å². The third-order valence-corrected chi connectivity index (χ3v) is 3.18. The molecule has 2 aromatic carbocycles. The number of carbonyl (C=O) groups excluding carboxylic acids is 1. The Morgan fingerprint density at radius 3 is 2.52 bits per heavy atom. The summed E-state index contributed by atoms with van der Waals surface area (Å²) in [6.45, 7) is 0.426. The molecule has 0 aliphatic rings. The maximum Gasteiger partial charge on any atom is 0.257 e. The molecule has 21 heavy (non-hydrogen) atoms. The van der Waals surface area contributed by atoms with Gasteiger partial charge in [0.1, 0.15) is 11.5 Å². The van der Waals surface area contributed by atoms with Crippen LogP contribution in [-0.4, -0.2) is 30.1 Å². The fourth-order valence-corrected chi connectivity index (χ4v) is 1.99. The number of nitrogens with zero attached hydrogens (tertiary/aromatic N) is 1. The Bertz CT molecular complexity index is 638. The minimum atomic E-state index is -0.275. The molecule has 0 radical (unpaired) electrons. The molecule has 0 aliphatic carbocycles. The van der Waals surface area contributed by atoms with E-state index in [-0.39, 0.29) is 17.2 Å². The minimum Gasteiger partial charge on any atom is -0.507 e. The third kappa shape index (κ3) is 3.45. The summed E-state index contributed by atoms with van der Waals surface area (Å²) in [5.41, 5.74) is 7.49. The van der Waals surface area contributed by atoms with Crippen molar-refractivity contribution in [2.45, 2.75) is 6.54 Å². The lowest BCUT2D eigenvalue weighted by Gasteiger charge is -2.18. The first-order chi connectivity index (χ1) is 10.0. The third-order valence-electron chi connectivity index (χ3n) is 3.18. The first kappa shape index (κ1) is 14.7. The molecule has 0 spiro atoms. The maximum absolute atomic E-state index is 12.4. The Morgan fingerprint density at radius 1 is 1.24 bits per heavy atom. The van der Waals surface area contributed by atoms with Gasteiger partial charge in [0.25, 0.3) is 5.91 Å². The van der Waals surface area contributed by atoms with E-state index in [1.54, 1.807) is 25.2 Å². The second-order valence-electron chi connectivity index (χ2n) is 4.79. The molecule has 1 amide bonds. The highest BCUT2D eigenvalue weighted by Crippen LogP contribution is 2.24. The van der Waals surface area contributed by atoms with Gasteiger partial charge in [0.2, 0.25) is 0 Å². The zero-order chi connectivity index (χ0) is 15.4. The summed E-state index contributed by atoms with van der Waals surface area (Å²) in [6, 6.07) is 11.9. The first-order valence-corrected chi connectivity index (χ1v) is 6.48. The predicted molar refractivity (Wildman–Crippen MR) is 81.3 cm³/mol. The van der Waals surface area contributed by atoms with Crippen molar-refractivity contribution in [3.05, 3.63) is 53.6 Å². The number of hydrogen-bond donors (Lipinski definition) is 2. The maximum atomic E-state index is 12.4. The van der Waals surface area contributed by atoms with Crippen LogP contribution in [0.4, 0.5) is 5.69 Å². The number of carbonyl (C=O) groups is 1. The fraction of sp³-hybridized carbons (Fsp3) is 0.188. The number of anilines is 1. The number of amides is 1. The molecule has 5 nitrogen and oxygen atoms in total. The number of rotatable bonds is 4. The molecule has 2 aromatic rings. The van der Waals surface area contributed by atoms with E-state index in [2.05, 4.69) is 0 Å². The van der Waals surface area contributed by atoms with Crippen molar-refractivity contribution in [2.75, 3.05) is 19.9 Å². The van der Waals surface area contributed by atoms with Crippen LogP contribution >= 0.6 is 0 Å². The van der Waals surface area contributed by atoms with Crippen molar-refractivity contribution in [2.24, 2.45) is 0 Å². The van der Waals surface area contributed by atoms with Crippen molar-refractivity contribution in [1.82, 2.24) is 4.90 Å². The second-order valence-corrected chi connectivity index (χ2v) is 4.79. The van der Waals surface area contributed by atoms with E-state index in [1.165, 1.54) is 24.1 Å². The first-order valence-electron chi connectivity index (χ1n) is 6.48. The molecule has 0 fully saturated rings. The van der Waals surface area contributed by atoms with Crippen molar-refractivity contribution in [3.63, 3.8) is 0 Å². The second kappa shape index (κ2) is 6.17. The lowest BCUT2D eigenvalue weighted by atomic mass is 10.1. The molecule has 0 heterocycles. The van der Waals surface area contributed by atoms with E-state index < -0.39 is 0 Å². The van der Waals surface area contributed by atoms with E-state index in [1.807, 2.05) is 12.1 Å². The van der Waals surface area contributed by atoms with Gasteiger partial charge in [-0.2, -0.15) is 0 Å². The fourth-order valence-electron chi connectivity index (χ4n) is 1.99. The standard InChI is InChI=1S/C16H18N2O3/c1-18(10-11-3-5-12(17)6-4-11)16(20)14-9-13(21-2)7-8-15(14)19/h3-9,19H,10,17H2,1-2H3. The van der Waals surface area contributed by atoms with E-state index in [0.717, 1.165) is 5.56 Å². The molecule has 0 unspecified atom stereocenters. The monoisotopic (exact) mass is 286 g/mol. The Kier molecular flexibility index (Phi) is 4.33. The summed E-state index contributed by atoms with van der Waals surface area (Å²) in [7, 11) is 3.19. The number of nitrogens with two attached hydrogens (primary N) is 1. The molecule has 0 bridgehead atoms. The molecule has 0 saturated heterocycles. The number of ether oxygens (including phenoxy) is 1. The highest BCUT2D eigenvalue weighted by Gasteiger charge is 2.17. The Labute approximate surface area is 123 Å². The van der Waals surface area contributed by atoms with Gasteiger partial charge < -0.3 is 20.5 Å². The van der Waals surface area contributed by atoms with Crippen LogP contribution < -0.4 is 10.5 Å². The number of phenolic OH excluding ortho intramolecular Hbond substituents is 1. The van der Waals surface area contributed by atoms with Crippen LogP contribution in [0.15, 0.2) is 42.5 Å². The average molecular weight is 286 g/mol. The number of phenols is 1. The minimum absolute atomic E-state index is 0.0649. The van der Waals surface area contributed by atoms with Gasteiger partial charge in [-0.25, -0.2) is 0 Å². The van der Waals surface area contributed by atoms with Gasteiger partial charge in [0.05, 0.1) is 12.7 Å². The summed E-state index contributed by atoms with van der Waals surface area (Å²) < 4.78 is 5.08. The topological polar surface area (TPSA) is 75.8 Å². The highest BCUT2D eigenvalue weighted by molar-refractivity contribution is 5.97. The summed E-state index contributed by atoms with van der Waals surface area (Å²) >= 11 is 0. The van der Waals surface area contributed by atoms with Crippen molar-refractivity contribution >= 4 is 11.6 Å². The van der Waals surface area contributed by atoms with Crippen molar-refractivity contribution in [3.8, 4) is 11.5 Å². The van der Waals surface area contributed by atoms with Crippen molar-refractivity contribution in [1.29, 1.82) is 0 Å². The zero-order valence-corrected chi connectivity index (χ0v) is 12.0. The van der Waals surface area contributed by atoms with Gasteiger partial charge in [-0.15, -0.1) is 0 Å². The van der Waals surface area contributed by atoms with Crippen LogP contribution in [0, 0.1) is 0 Å². The molecule has 2 rings (SSSR count). The summed E-state index contributed by atoms with van der Waals surface area (Å²) in [4.78, 5) is 13.9. The molecule has 0 atom stereocenters. The van der Waals surface area contributed by atoms with E-state index in [4.69, 9.17) is 10.5 Å². The van der Waals surface area contributed by atoms with E-state index in [0.29, 0.717) is 18.0 Å². The number of hydrogen-bond acceptors (Lipinski definition) is 4. The molecule has 0 aromatic heterocycles. The molecular formula is C16H18N2O3. The highest BCUT2D eigenvalue weighted by atomic mass is 16.5. The predicted octanol–water partition coefficient (Wildman–Crippen LogP) is 2.26. The normalized spacial score (nSPS) is 10.2. The van der Waals surface area contributed by atoms with Gasteiger partial charge >= 0.3 is 0 Å². The molecule has 5 heteroatoms. The summed E-state index contributed by atoms with van der Waals surface area (Å²) in [6.07, 6.45) is 0. The van der Waals surface area contributed by atoms with Gasteiger partial charge in [-0.1, -0.05) is 12.1 Å². The zero-order valence-electron chi connectivity index (χ0n) is 12.0. The van der Waals surface area contributed by atoms with Crippen LogP contribution in [0.1, 0.15) is 15.9 Å². The number of benzene rings is 2. The molecule has 3 N–H and O–H groups in total. The SMILES string of the molecule is COc1ccc(O)c(C(=O)N(C)Cc2ccc(N)cc2)c1. The Hall–Kier alpha value is -2.69. The van der Waals surface area contributed by atoms with Crippen LogP contribution in [-0.2, 0) is 6.54 Å². The summed E-state index contributed by atoms with van der Waals surface area (Å²) in [5, 5.41) is 9.83. The molecule has 0 saturated carbocycles. The molecule has 110 valence electrons. The quantitative estimate of drug-likeness (QED) is 0.845. The average Bonchev–Trinajstić information content (AvgIpc) is 2.49. The molecule has 0 aliphatic heterocycles. The lowest BCUT2D eigenvalue weighted by molar-refractivity contribution is 0.0781. The number of methoxy groups -OCH3 is 1. The lowest BCUT2D eigenvalue weighted by Crippen LogP contribution is -2.26. The van der Waals surface area contributed by atoms with Gasteiger partial charge in [-0.05, 0) is 35.9 Å². The van der Waals surface area contributed by atoms with E-state index in [9.17, 15) is 9.90 Å². The van der Waals surface area contributed by atoms with Gasteiger partial charge in [-0.3, -0.25) is 4.79 Å². The summed E-state index contributed by atoms with van der Waals surface area (Å²) in [5.74, 6) is 0.185. The van der Waals surface area contributed by atoms with Crippen LogP contribution in [0.3, 0.4) is 0 Å². The van der Waals surface area contributed by atoms with Crippen molar-refractivity contribution < 1.29 is 14.6 Å². The molecular weight excluding hydrogens is 268 g/mol.